The van der Waals surface area contributed by atoms with E-state index >= 15 is 0 Å². The van der Waals surface area contributed by atoms with E-state index in [1.54, 1.807) is 25.1 Å². The first kappa shape index (κ1) is 19.9. The average molecular weight is 404 g/mol. The zero-order valence-electron chi connectivity index (χ0n) is 17.0. The van der Waals surface area contributed by atoms with Crippen LogP contribution in [0.15, 0.2) is 47.5 Å². The Bertz CT molecular complexity index is 1040. The van der Waals surface area contributed by atoms with E-state index in [9.17, 15) is 10.1 Å². The maximum Gasteiger partial charge on any atom is 0.192 e. The Labute approximate surface area is 175 Å². The average Bonchev–Trinajstić information content (AvgIpc) is 2.78. The van der Waals surface area contributed by atoms with Crippen LogP contribution in [0.2, 0.25) is 0 Å². The molecule has 7 nitrogen and oxygen atoms in total. The van der Waals surface area contributed by atoms with Crippen LogP contribution in [0.25, 0.3) is 11.1 Å². The number of aldehydes is 1. The van der Waals surface area contributed by atoms with Crippen molar-refractivity contribution >= 4 is 12.2 Å². The van der Waals surface area contributed by atoms with Crippen molar-refractivity contribution in [3.63, 3.8) is 0 Å². The largest absolute Gasteiger partial charge is 0.489 e. The van der Waals surface area contributed by atoms with Gasteiger partial charge >= 0.3 is 0 Å². The van der Waals surface area contributed by atoms with Crippen molar-refractivity contribution in [2.24, 2.45) is 16.6 Å². The molecule has 30 heavy (non-hydrogen) atoms. The van der Waals surface area contributed by atoms with Crippen LogP contribution in [0, 0.1) is 17.2 Å². The molecule has 2 aliphatic rings. The van der Waals surface area contributed by atoms with E-state index in [2.05, 4.69) is 6.07 Å². The summed E-state index contributed by atoms with van der Waals surface area (Å²) in [5.41, 5.74) is 7.94. The molecule has 0 amide bonds. The molecule has 0 saturated carbocycles. The quantitative estimate of drug-likeness (QED) is 0.479. The van der Waals surface area contributed by atoms with Crippen LogP contribution in [-0.2, 0) is 15.1 Å². The van der Waals surface area contributed by atoms with Gasteiger partial charge in [-0.1, -0.05) is 18.2 Å². The highest BCUT2D eigenvalue weighted by atomic mass is 16.5. The summed E-state index contributed by atoms with van der Waals surface area (Å²) in [6.45, 7) is 0.943. The lowest BCUT2D eigenvalue weighted by Crippen LogP contribution is -2.54. The van der Waals surface area contributed by atoms with E-state index in [0.717, 1.165) is 17.4 Å². The molecular formula is C23H24N4O3. The molecule has 0 radical (unpaired) electrons. The molecule has 0 aromatic heterocycles. The van der Waals surface area contributed by atoms with E-state index in [4.69, 9.17) is 20.2 Å². The van der Waals surface area contributed by atoms with Gasteiger partial charge in [-0.15, -0.1) is 0 Å². The molecule has 7 heteroatoms. The van der Waals surface area contributed by atoms with E-state index in [-0.39, 0.29) is 18.0 Å². The molecular weight excluding hydrogens is 380 g/mol. The number of carbonyl (C=O) groups is 1. The van der Waals surface area contributed by atoms with Crippen molar-refractivity contribution in [3.05, 3.63) is 53.6 Å². The van der Waals surface area contributed by atoms with E-state index in [1.807, 2.05) is 36.4 Å². The number of benzene rings is 2. The zero-order chi connectivity index (χ0) is 21.3. The number of fused-ring (bicyclic) bond motifs is 2. The molecule has 3 unspecified atom stereocenters. The van der Waals surface area contributed by atoms with Gasteiger partial charge in [-0.25, -0.2) is 4.99 Å². The third kappa shape index (κ3) is 3.29. The van der Waals surface area contributed by atoms with Crippen LogP contribution in [0.5, 0.6) is 5.75 Å². The van der Waals surface area contributed by atoms with Crippen molar-refractivity contribution in [2.75, 3.05) is 27.3 Å². The Hall–Kier alpha value is -3.37. The van der Waals surface area contributed by atoms with Crippen LogP contribution < -0.4 is 10.5 Å². The number of nitriles is 1. The van der Waals surface area contributed by atoms with Crippen molar-refractivity contribution in [3.8, 4) is 22.9 Å². The summed E-state index contributed by atoms with van der Waals surface area (Å²) in [5.74, 6) is 0.604. The highest BCUT2D eigenvalue weighted by Crippen LogP contribution is 2.48. The molecule has 154 valence electrons. The summed E-state index contributed by atoms with van der Waals surface area (Å²) in [7, 11) is 3.58. The normalized spacial score (nSPS) is 25.3. The summed E-state index contributed by atoms with van der Waals surface area (Å²) in [5, 5.41) is 9.24. The first-order valence-electron chi connectivity index (χ1n) is 9.87. The first-order valence-corrected chi connectivity index (χ1v) is 9.87. The first-order chi connectivity index (χ1) is 14.5. The molecule has 2 N–H and O–H groups in total. The second kappa shape index (κ2) is 7.81. The summed E-state index contributed by atoms with van der Waals surface area (Å²) >= 11 is 0. The van der Waals surface area contributed by atoms with E-state index in [1.165, 1.54) is 0 Å². The third-order valence-electron chi connectivity index (χ3n) is 5.81. The third-order valence-corrected chi connectivity index (χ3v) is 5.81. The standard InChI is InChI=1S/C23H24N4O3/c1-27(2)22(25)26-23(14-28)18-11-17(16-5-3-4-15(10-16)12-24)6-7-20(18)30-21-8-9-29-13-19(21)23/h3-7,10-11,14,19,21H,8-9,13H2,1-2H3,(H2,25,26). The lowest BCUT2D eigenvalue weighted by atomic mass is 9.72. The van der Waals surface area contributed by atoms with Crippen LogP contribution in [0.3, 0.4) is 0 Å². The molecule has 1 fully saturated rings. The Morgan fingerprint density at radius 2 is 2.10 bits per heavy atom. The number of guanidine groups is 1. The smallest absolute Gasteiger partial charge is 0.192 e. The van der Waals surface area contributed by atoms with Crippen LogP contribution in [-0.4, -0.2) is 50.6 Å². The summed E-state index contributed by atoms with van der Waals surface area (Å²) in [6, 6.07) is 15.2. The molecule has 2 aromatic carbocycles. The number of hydrogen-bond donors (Lipinski definition) is 1. The van der Waals surface area contributed by atoms with E-state index in [0.29, 0.717) is 36.5 Å². The highest BCUT2D eigenvalue weighted by Gasteiger charge is 2.52. The zero-order valence-corrected chi connectivity index (χ0v) is 17.0. The van der Waals surface area contributed by atoms with Gasteiger partial charge in [0, 0.05) is 26.1 Å². The predicted octanol–water partition coefficient (Wildman–Crippen LogP) is 2.29. The predicted molar refractivity (Wildman–Crippen MR) is 113 cm³/mol. The molecule has 0 aliphatic carbocycles. The van der Waals surface area contributed by atoms with Gasteiger partial charge < -0.3 is 24.9 Å². The number of carbonyl (C=O) groups excluding carboxylic acids is 1. The fraction of sp³-hybridized carbons (Fsp3) is 0.348. The van der Waals surface area contributed by atoms with Crippen molar-refractivity contribution in [1.82, 2.24) is 4.90 Å². The second-order valence-electron chi connectivity index (χ2n) is 7.84. The molecule has 0 spiro atoms. The van der Waals surface area contributed by atoms with Crippen LogP contribution in [0.4, 0.5) is 0 Å². The van der Waals surface area contributed by atoms with Gasteiger partial charge in [-0.2, -0.15) is 5.26 Å². The molecule has 4 rings (SSSR count). The van der Waals surface area contributed by atoms with Gasteiger partial charge in [0.25, 0.3) is 0 Å². The highest BCUT2D eigenvalue weighted by molar-refractivity contribution is 5.84. The second-order valence-corrected chi connectivity index (χ2v) is 7.84. The summed E-state index contributed by atoms with van der Waals surface area (Å²) in [4.78, 5) is 19.1. The SMILES string of the molecule is CN(C)C(N)=NC1(C=O)c2cc(-c3cccc(C#N)c3)ccc2OC2CCOCC21. The Morgan fingerprint density at radius 3 is 2.83 bits per heavy atom. The Balaban J connectivity index is 1.92. The maximum absolute atomic E-state index is 12.7. The van der Waals surface area contributed by atoms with Gasteiger partial charge in [0.15, 0.2) is 17.8 Å². The number of aliphatic imine (C=N–C) groups is 1. The Morgan fingerprint density at radius 1 is 1.30 bits per heavy atom. The topological polar surface area (TPSA) is 101 Å². The lowest BCUT2D eigenvalue weighted by Gasteiger charge is -2.45. The minimum atomic E-state index is -1.21. The Kier molecular flexibility index (Phi) is 5.18. The molecule has 3 atom stereocenters. The summed E-state index contributed by atoms with van der Waals surface area (Å²) < 4.78 is 12.0. The van der Waals surface area contributed by atoms with Gasteiger partial charge in [-0.05, 0) is 35.4 Å². The molecule has 2 heterocycles. The van der Waals surface area contributed by atoms with Crippen molar-refractivity contribution in [2.45, 2.75) is 18.1 Å². The number of ether oxygens (including phenoxy) is 2. The fourth-order valence-electron chi connectivity index (χ4n) is 4.14. The number of nitrogens with two attached hydrogens (primary N) is 1. The van der Waals surface area contributed by atoms with Gasteiger partial charge in [0.1, 0.15) is 11.9 Å². The van der Waals surface area contributed by atoms with Crippen LogP contribution >= 0.6 is 0 Å². The van der Waals surface area contributed by atoms with Crippen molar-refractivity contribution in [1.29, 1.82) is 5.26 Å². The monoisotopic (exact) mass is 404 g/mol. The molecule has 0 bridgehead atoms. The minimum absolute atomic E-state index is 0.178. The van der Waals surface area contributed by atoms with E-state index < -0.39 is 5.54 Å². The molecule has 2 aliphatic heterocycles. The number of nitrogens with zero attached hydrogens (tertiary/aromatic N) is 3. The van der Waals surface area contributed by atoms with Gasteiger partial charge in [-0.3, -0.25) is 0 Å². The minimum Gasteiger partial charge on any atom is -0.489 e. The van der Waals surface area contributed by atoms with Gasteiger partial charge in [0.05, 0.1) is 30.8 Å². The lowest BCUT2D eigenvalue weighted by molar-refractivity contribution is -0.124. The van der Waals surface area contributed by atoms with Gasteiger partial charge in [0.2, 0.25) is 0 Å². The molecule has 2 aromatic rings. The maximum atomic E-state index is 12.7. The molecule has 1 saturated heterocycles. The van der Waals surface area contributed by atoms with Crippen molar-refractivity contribution < 1.29 is 14.3 Å². The summed E-state index contributed by atoms with van der Waals surface area (Å²) in [6.07, 6.45) is 1.37. The fourth-order valence-corrected chi connectivity index (χ4v) is 4.14. The number of rotatable bonds is 3. The van der Waals surface area contributed by atoms with Crippen LogP contribution in [0.1, 0.15) is 17.5 Å². The number of hydrogen-bond acceptors (Lipinski definition) is 5.